The quantitative estimate of drug-likeness (QED) is 0.796. The molecule has 0 saturated heterocycles. The first-order chi connectivity index (χ1) is 7.56. The molecular weight excluding hydrogens is 230 g/mol. The van der Waals surface area contributed by atoms with Crippen LogP contribution in [0.2, 0.25) is 0 Å². The van der Waals surface area contributed by atoms with Gasteiger partial charge in [0.1, 0.15) is 6.04 Å². The van der Waals surface area contributed by atoms with Gasteiger partial charge in [-0.2, -0.15) is 0 Å². The van der Waals surface area contributed by atoms with Crippen LogP contribution in [0.15, 0.2) is 5.38 Å². The number of rotatable bonds is 5. The van der Waals surface area contributed by atoms with Crippen molar-refractivity contribution in [3.63, 3.8) is 0 Å². The number of hydrogen-bond acceptors (Lipinski definition) is 5. The second kappa shape index (κ2) is 5.55. The zero-order chi connectivity index (χ0) is 12.1. The summed E-state index contributed by atoms with van der Waals surface area (Å²) >= 11 is 1.05. The van der Waals surface area contributed by atoms with Gasteiger partial charge in [0.2, 0.25) is 0 Å². The van der Waals surface area contributed by atoms with E-state index in [2.05, 4.69) is 14.9 Å². The van der Waals surface area contributed by atoms with Gasteiger partial charge in [-0.3, -0.25) is 4.79 Å². The Morgan fingerprint density at radius 2 is 2.31 bits per heavy atom. The smallest absolute Gasteiger partial charge is 0.326 e. The number of carboxylic acid groups (broad SMARTS) is 1. The molecule has 6 nitrogen and oxygen atoms in total. The van der Waals surface area contributed by atoms with Gasteiger partial charge in [0.05, 0.1) is 0 Å². The Hall–Kier alpha value is -1.50. The summed E-state index contributed by atoms with van der Waals surface area (Å²) in [5.41, 5.74) is 0.152. The van der Waals surface area contributed by atoms with Crippen molar-refractivity contribution in [3.8, 4) is 0 Å². The van der Waals surface area contributed by atoms with Crippen molar-refractivity contribution >= 4 is 23.4 Å². The summed E-state index contributed by atoms with van der Waals surface area (Å²) in [6.07, 6.45) is 0.673. The second-order valence-electron chi connectivity index (χ2n) is 3.47. The first kappa shape index (κ1) is 12.6. The Morgan fingerprint density at radius 3 is 2.75 bits per heavy atom. The van der Waals surface area contributed by atoms with E-state index < -0.39 is 17.9 Å². The van der Waals surface area contributed by atoms with Crippen LogP contribution in [-0.4, -0.2) is 32.6 Å². The van der Waals surface area contributed by atoms with Gasteiger partial charge >= 0.3 is 5.97 Å². The van der Waals surface area contributed by atoms with Gasteiger partial charge in [-0.15, -0.1) is 5.10 Å². The molecule has 2 atom stereocenters. The molecule has 1 rings (SSSR count). The average molecular weight is 243 g/mol. The van der Waals surface area contributed by atoms with Gasteiger partial charge in [-0.1, -0.05) is 24.8 Å². The highest BCUT2D eigenvalue weighted by Gasteiger charge is 2.26. The van der Waals surface area contributed by atoms with Crippen LogP contribution in [0.1, 0.15) is 30.8 Å². The number of nitrogens with one attached hydrogen (secondary N) is 1. The monoisotopic (exact) mass is 243 g/mol. The summed E-state index contributed by atoms with van der Waals surface area (Å²) < 4.78 is 3.54. The van der Waals surface area contributed by atoms with Crippen LogP contribution >= 0.6 is 11.5 Å². The maximum atomic E-state index is 11.6. The third kappa shape index (κ3) is 2.99. The molecule has 0 saturated carbocycles. The van der Waals surface area contributed by atoms with Gasteiger partial charge in [0.25, 0.3) is 5.91 Å². The third-order valence-electron chi connectivity index (χ3n) is 2.36. The van der Waals surface area contributed by atoms with Crippen LogP contribution in [0.3, 0.4) is 0 Å². The zero-order valence-corrected chi connectivity index (χ0v) is 9.82. The van der Waals surface area contributed by atoms with Crippen LogP contribution in [-0.2, 0) is 4.79 Å². The number of aliphatic carboxylic acids is 1. The fourth-order valence-corrected chi connectivity index (χ4v) is 1.60. The number of carboxylic acids is 1. The lowest BCUT2D eigenvalue weighted by atomic mass is 9.99. The van der Waals surface area contributed by atoms with Gasteiger partial charge in [-0.25, -0.2) is 4.79 Å². The van der Waals surface area contributed by atoms with Crippen LogP contribution in [0.5, 0.6) is 0 Å². The minimum Gasteiger partial charge on any atom is -0.480 e. The minimum atomic E-state index is -1.04. The van der Waals surface area contributed by atoms with Crippen molar-refractivity contribution in [2.24, 2.45) is 5.92 Å². The Morgan fingerprint density at radius 1 is 1.62 bits per heavy atom. The van der Waals surface area contributed by atoms with Crippen molar-refractivity contribution in [1.29, 1.82) is 0 Å². The minimum absolute atomic E-state index is 0.131. The molecule has 88 valence electrons. The summed E-state index contributed by atoms with van der Waals surface area (Å²) in [5, 5.41) is 16.5. The predicted molar refractivity (Wildman–Crippen MR) is 58.3 cm³/mol. The van der Waals surface area contributed by atoms with Gasteiger partial charge in [-0.05, 0) is 17.5 Å². The molecule has 0 aliphatic heterocycles. The molecule has 2 unspecified atom stereocenters. The van der Waals surface area contributed by atoms with Crippen molar-refractivity contribution in [2.75, 3.05) is 0 Å². The maximum Gasteiger partial charge on any atom is 0.326 e. The highest BCUT2D eigenvalue weighted by atomic mass is 32.1. The molecule has 0 aliphatic rings. The number of carbonyl (C=O) groups excluding carboxylic acids is 1. The lowest BCUT2D eigenvalue weighted by molar-refractivity contribution is -0.140. The van der Waals surface area contributed by atoms with Crippen LogP contribution in [0.25, 0.3) is 0 Å². The van der Waals surface area contributed by atoms with Crippen LogP contribution in [0, 0.1) is 5.92 Å². The molecule has 1 aromatic rings. The molecule has 1 heterocycles. The van der Waals surface area contributed by atoms with E-state index in [1.807, 2.05) is 6.92 Å². The Labute approximate surface area is 96.8 Å². The Kier molecular flexibility index (Phi) is 4.36. The lowest BCUT2D eigenvalue weighted by Gasteiger charge is -2.19. The molecule has 0 radical (unpaired) electrons. The summed E-state index contributed by atoms with van der Waals surface area (Å²) in [5.74, 6) is -1.67. The zero-order valence-electron chi connectivity index (χ0n) is 9.01. The first-order valence-corrected chi connectivity index (χ1v) is 5.70. The van der Waals surface area contributed by atoms with E-state index in [1.165, 1.54) is 5.38 Å². The van der Waals surface area contributed by atoms with E-state index in [4.69, 9.17) is 5.11 Å². The topological polar surface area (TPSA) is 92.2 Å². The van der Waals surface area contributed by atoms with E-state index >= 15 is 0 Å². The maximum absolute atomic E-state index is 11.6. The van der Waals surface area contributed by atoms with E-state index in [-0.39, 0.29) is 11.6 Å². The van der Waals surface area contributed by atoms with Gasteiger partial charge < -0.3 is 10.4 Å². The van der Waals surface area contributed by atoms with E-state index in [0.29, 0.717) is 6.42 Å². The normalized spacial score (nSPS) is 14.1. The Balaban J connectivity index is 2.69. The summed E-state index contributed by atoms with van der Waals surface area (Å²) in [4.78, 5) is 22.5. The fourth-order valence-electron chi connectivity index (χ4n) is 1.16. The molecule has 7 heteroatoms. The molecule has 0 bridgehead atoms. The third-order valence-corrected chi connectivity index (χ3v) is 2.86. The summed E-state index contributed by atoms with van der Waals surface area (Å²) in [6, 6.07) is -0.890. The molecule has 16 heavy (non-hydrogen) atoms. The number of aromatic nitrogens is 2. The number of amides is 1. The summed E-state index contributed by atoms with van der Waals surface area (Å²) in [7, 11) is 0. The SMILES string of the molecule is CCC(C)C(NC(=O)c1csnn1)C(=O)O. The van der Waals surface area contributed by atoms with Gasteiger partial charge in [0.15, 0.2) is 5.69 Å². The second-order valence-corrected chi connectivity index (χ2v) is 4.07. The standard InChI is InChI=1S/C9H13N3O3S/c1-3-5(2)7(9(14)15)10-8(13)6-4-16-12-11-6/h4-5,7H,3H2,1-2H3,(H,10,13)(H,14,15). The fraction of sp³-hybridized carbons (Fsp3) is 0.556. The molecule has 0 fully saturated rings. The number of hydrogen-bond donors (Lipinski definition) is 2. The number of nitrogens with zero attached hydrogens (tertiary/aromatic N) is 2. The van der Waals surface area contributed by atoms with Crippen LogP contribution in [0.4, 0.5) is 0 Å². The van der Waals surface area contributed by atoms with E-state index in [9.17, 15) is 9.59 Å². The van der Waals surface area contributed by atoms with Gasteiger partial charge in [0, 0.05) is 5.38 Å². The van der Waals surface area contributed by atoms with Crippen molar-refractivity contribution in [2.45, 2.75) is 26.3 Å². The first-order valence-electron chi connectivity index (χ1n) is 4.87. The molecule has 1 aromatic heterocycles. The number of carbonyl (C=O) groups is 2. The van der Waals surface area contributed by atoms with E-state index in [0.717, 1.165) is 11.5 Å². The molecule has 2 N–H and O–H groups in total. The van der Waals surface area contributed by atoms with Crippen molar-refractivity contribution in [1.82, 2.24) is 14.9 Å². The van der Waals surface area contributed by atoms with Crippen molar-refractivity contribution in [3.05, 3.63) is 11.1 Å². The molecule has 0 aromatic carbocycles. The largest absolute Gasteiger partial charge is 0.480 e. The molecule has 0 aliphatic carbocycles. The van der Waals surface area contributed by atoms with Crippen molar-refractivity contribution < 1.29 is 14.7 Å². The lowest BCUT2D eigenvalue weighted by Crippen LogP contribution is -2.45. The highest BCUT2D eigenvalue weighted by molar-refractivity contribution is 7.03. The van der Waals surface area contributed by atoms with Crippen LogP contribution < -0.4 is 5.32 Å². The Bertz CT molecular complexity index is 366. The van der Waals surface area contributed by atoms with E-state index in [1.54, 1.807) is 6.92 Å². The summed E-state index contributed by atoms with van der Waals surface area (Å²) in [6.45, 7) is 3.65. The highest BCUT2D eigenvalue weighted by Crippen LogP contribution is 2.09. The predicted octanol–water partition coefficient (Wildman–Crippen LogP) is 0.767. The molecule has 1 amide bonds. The average Bonchev–Trinajstić information content (AvgIpc) is 2.77. The molecular formula is C9H13N3O3S. The molecule has 0 spiro atoms.